The van der Waals surface area contributed by atoms with E-state index in [0.29, 0.717) is 0 Å². The van der Waals surface area contributed by atoms with Gasteiger partial charge in [-0.1, -0.05) is 25.5 Å². The summed E-state index contributed by atoms with van der Waals surface area (Å²) in [5.74, 6) is 0.883. The molecule has 3 rings (SSSR count). The molecule has 0 amide bonds. The Morgan fingerprint density at radius 2 is 2.16 bits per heavy atom. The summed E-state index contributed by atoms with van der Waals surface area (Å²) in [7, 11) is 0. The van der Waals surface area contributed by atoms with Gasteiger partial charge in [0.2, 0.25) is 0 Å². The second-order valence-corrected chi connectivity index (χ2v) is 5.00. The Kier molecular flexibility index (Phi) is 3.23. The van der Waals surface area contributed by atoms with Crippen LogP contribution in [-0.2, 0) is 6.42 Å². The van der Waals surface area contributed by atoms with E-state index in [4.69, 9.17) is 0 Å². The van der Waals surface area contributed by atoms with E-state index in [2.05, 4.69) is 23.4 Å². The van der Waals surface area contributed by atoms with Crippen molar-refractivity contribution in [2.24, 2.45) is 0 Å². The molecule has 19 heavy (non-hydrogen) atoms. The van der Waals surface area contributed by atoms with Gasteiger partial charge in [0.05, 0.1) is 11.7 Å². The van der Waals surface area contributed by atoms with E-state index in [9.17, 15) is 4.39 Å². The highest BCUT2D eigenvalue weighted by atomic mass is 19.1. The van der Waals surface area contributed by atoms with E-state index in [1.807, 2.05) is 16.8 Å². The van der Waals surface area contributed by atoms with Crippen molar-refractivity contribution >= 4 is 5.82 Å². The molecular weight excluding hydrogens is 241 g/mol. The fourth-order valence-corrected chi connectivity index (χ4v) is 2.65. The predicted molar refractivity (Wildman–Crippen MR) is 73.9 cm³/mol. The Morgan fingerprint density at radius 1 is 1.37 bits per heavy atom. The molecule has 0 radical (unpaired) electrons. The minimum absolute atomic E-state index is 0.190. The molecule has 1 aromatic carbocycles. The van der Waals surface area contributed by atoms with Crippen LogP contribution in [-0.4, -0.2) is 16.3 Å². The fraction of sp³-hybridized carbons (Fsp3) is 0.400. The number of fused-ring (bicyclic) bond motifs is 1. The molecule has 0 fully saturated rings. The van der Waals surface area contributed by atoms with Crippen LogP contribution in [0.25, 0.3) is 0 Å². The quantitative estimate of drug-likeness (QED) is 0.915. The molecule has 1 aliphatic heterocycles. The molecule has 1 aliphatic rings. The number of hydrogen-bond acceptors (Lipinski definition) is 2. The first-order valence-corrected chi connectivity index (χ1v) is 6.85. The van der Waals surface area contributed by atoms with Gasteiger partial charge < -0.3 is 5.32 Å². The number of aromatic nitrogens is 2. The van der Waals surface area contributed by atoms with E-state index < -0.39 is 0 Å². The molecule has 0 bridgehead atoms. The van der Waals surface area contributed by atoms with E-state index in [1.54, 1.807) is 0 Å². The largest absolute Gasteiger partial charge is 0.370 e. The van der Waals surface area contributed by atoms with Crippen LogP contribution in [0, 0.1) is 5.82 Å². The molecule has 0 aliphatic carbocycles. The molecule has 1 unspecified atom stereocenters. The van der Waals surface area contributed by atoms with Gasteiger partial charge in [-0.15, -0.1) is 0 Å². The number of hydrogen-bond donors (Lipinski definition) is 1. The Bertz CT molecular complexity index is 559. The number of halogens is 1. The van der Waals surface area contributed by atoms with Crippen LogP contribution >= 0.6 is 0 Å². The van der Waals surface area contributed by atoms with Crippen LogP contribution in [0.4, 0.5) is 10.2 Å². The number of benzene rings is 1. The molecule has 0 saturated heterocycles. The first-order valence-electron chi connectivity index (χ1n) is 6.85. The van der Waals surface area contributed by atoms with Crippen molar-refractivity contribution in [1.82, 2.24) is 9.78 Å². The first kappa shape index (κ1) is 12.2. The van der Waals surface area contributed by atoms with Gasteiger partial charge >= 0.3 is 0 Å². The second kappa shape index (κ2) is 5.03. The van der Waals surface area contributed by atoms with Crippen LogP contribution in [0.2, 0.25) is 0 Å². The van der Waals surface area contributed by atoms with Gasteiger partial charge in [0.1, 0.15) is 11.6 Å². The third-order valence-electron chi connectivity index (χ3n) is 3.57. The van der Waals surface area contributed by atoms with E-state index >= 15 is 0 Å². The van der Waals surface area contributed by atoms with Crippen LogP contribution < -0.4 is 5.32 Å². The average Bonchev–Trinajstić information content (AvgIpc) is 2.82. The lowest BCUT2D eigenvalue weighted by molar-refractivity contribution is 0.477. The summed E-state index contributed by atoms with van der Waals surface area (Å²) < 4.78 is 15.1. The van der Waals surface area contributed by atoms with Crippen LogP contribution in [0.5, 0.6) is 0 Å². The van der Waals surface area contributed by atoms with E-state index in [0.717, 1.165) is 42.9 Å². The summed E-state index contributed by atoms with van der Waals surface area (Å²) in [6, 6.07) is 9.09. The van der Waals surface area contributed by atoms with Gasteiger partial charge in [-0.25, -0.2) is 9.07 Å². The zero-order valence-electron chi connectivity index (χ0n) is 11.1. The fourth-order valence-electron chi connectivity index (χ4n) is 2.65. The Hall–Kier alpha value is -1.84. The summed E-state index contributed by atoms with van der Waals surface area (Å²) in [4.78, 5) is 0. The zero-order valence-corrected chi connectivity index (χ0v) is 11.1. The third-order valence-corrected chi connectivity index (χ3v) is 3.57. The maximum Gasteiger partial charge on any atom is 0.125 e. The zero-order chi connectivity index (χ0) is 13.2. The van der Waals surface area contributed by atoms with Crippen molar-refractivity contribution in [3.63, 3.8) is 0 Å². The van der Waals surface area contributed by atoms with Gasteiger partial charge in [0, 0.05) is 12.6 Å². The minimum atomic E-state index is -0.190. The highest BCUT2D eigenvalue weighted by molar-refractivity contribution is 5.41. The number of nitrogens with one attached hydrogen (secondary N) is 1. The summed E-state index contributed by atoms with van der Waals surface area (Å²) in [5, 5.41) is 8.06. The second-order valence-electron chi connectivity index (χ2n) is 5.00. The minimum Gasteiger partial charge on any atom is -0.370 e. The highest BCUT2D eigenvalue weighted by Crippen LogP contribution is 2.30. The third kappa shape index (κ3) is 2.35. The summed E-state index contributed by atoms with van der Waals surface area (Å²) in [6.45, 7) is 3.09. The van der Waals surface area contributed by atoms with Crippen molar-refractivity contribution in [2.45, 2.75) is 32.2 Å². The lowest BCUT2D eigenvalue weighted by Crippen LogP contribution is -2.24. The van der Waals surface area contributed by atoms with E-state index in [1.165, 1.54) is 12.1 Å². The molecule has 4 heteroatoms. The van der Waals surface area contributed by atoms with Crippen LogP contribution in [0.3, 0.4) is 0 Å². The topological polar surface area (TPSA) is 29.9 Å². The molecule has 1 aromatic heterocycles. The molecule has 1 N–H and O–H groups in total. The molecule has 0 saturated carbocycles. The summed E-state index contributed by atoms with van der Waals surface area (Å²) in [6.07, 6.45) is 3.07. The van der Waals surface area contributed by atoms with Crippen molar-refractivity contribution < 1.29 is 4.39 Å². The first-order chi connectivity index (χ1) is 9.28. The lowest BCUT2D eigenvalue weighted by atomic mass is 10.0. The molecule has 2 heterocycles. The smallest absolute Gasteiger partial charge is 0.125 e. The lowest BCUT2D eigenvalue weighted by Gasteiger charge is -2.26. The average molecular weight is 259 g/mol. The van der Waals surface area contributed by atoms with Gasteiger partial charge in [-0.05, 0) is 30.5 Å². The van der Waals surface area contributed by atoms with Gasteiger partial charge in [-0.2, -0.15) is 5.10 Å². The SMILES string of the molecule is CCCc1cc2n(n1)C(c1ccc(F)cc1)CCN2. The Labute approximate surface area is 112 Å². The van der Waals surface area contributed by atoms with Gasteiger partial charge in [0.15, 0.2) is 0 Å². The van der Waals surface area contributed by atoms with Gasteiger partial charge in [0.25, 0.3) is 0 Å². The number of rotatable bonds is 3. The van der Waals surface area contributed by atoms with Crippen LogP contribution in [0.1, 0.15) is 37.1 Å². The van der Waals surface area contributed by atoms with Crippen molar-refractivity contribution in [3.05, 3.63) is 47.4 Å². The molecular formula is C15H18FN3. The van der Waals surface area contributed by atoms with Crippen LogP contribution in [0.15, 0.2) is 30.3 Å². The monoisotopic (exact) mass is 259 g/mol. The maximum atomic E-state index is 13.0. The molecule has 2 aromatic rings. The summed E-state index contributed by atoms with van der Waals surface area (Å²) in [5.41, 5.74) is 2.24. The highest BCUT2D eigenvalue weighted by Gasteiger charge is 2.22. The normalized spacial score (nSPS) is 17.9. The van der Waals surface area contributed by atoms with Crippen molar-refractivity contribution in [1.29, 1.82) is 0 Å². The van der Waals surface area contributed by atoms with Crippen molar-refractivity contribution in [2.75, 3.05) is 11.9 Å². The summed E-state index contributed by atoms with van der Waals surface area (Å²) >= 11 is 0. The number of aryl methyl sites for hydroxylation is 1. The molecule has 1 atom stereocenters. The number of anilines is 1. The maximum absolute atomic E-state index is 13.0. The van der Waals surface area contributed by atoms with Gasteiger partial charge in [-0.3, -0.25) is 0 Å². The van der Waals surface area contributed by atoms with Crippen molar-refractivity contribution in [3.8, 4) is 0 Å². The predicted octanol–water partition coefficient (Wildman–Crippen LogP) is 3.38. The standard InChI is InChI=1S/C15H18FN3/c1-2-3-13-10-15-17-9-8-14(19(15)18-13)11-4-6-12(16)7-5-11/h4-7,10,14,17H,2-3,8-9H2,1H3. The number of nitrogens with zero attached hydrogens (tertiary/aromatic N) is 2. The van der Waals surface area contributed by atoms with E-state index in [-0.39, 0.29) is 11.9 Å². The Balaban J connectivity index is 1.95. The molecule has 100 valence electrons. The Morgan fingerprint density at radius 3 is 2.89 bits per heavy atom. The molecule has 0 spiro atoms. The molecule has 3 nitrogen and oxygen atoms in total.